The Balaban J connectivity index is 1.33. The summed E-state index contributed by atoms with van der Waals surface area (Å²) in [7, 11) is 0. The van der Waals surface area contributed by atoms with Crippen molar-refractivity contribution in [3.05, 3.63) is 71.5 Å². The smallest absolute Gasteiger partial charge is 0.262 e. The van der Waals surface area contributed by atoms with Crippen LogP contribution in [0, 0.1) is 17.2 Å². The number of nitrogens with one attached hydrogen (secondary N) is 1. The summed E-state index contributed by atoms with van der Waals surface area (Å²) >= 11 is 1.47. The molecule has 0 spiro atoms. The SMILES string of the molecule is CC1(C)C2C(=O)N3c4c(nc(N)nc4N(C4CCCNC4)C(=O)C21OCc1ccccc1)SC3CCc1ccc(F)cc1. The van der Waals surface area contributed by atoms with Gasteiger partial charge in [-0.25, -0.2) is 9.37 Å². The number of nitrogens with zero attached hydrogens (tertiary/aromatic N) is 4. The molecule has 1 saturated carbocycles. The van der Waals surface area contributed by atoms with Crippen LogP contribution in [0.3, 0.4) is 0 Å². The van der Waals surface area contributed by atoms with E-state index >= 15 is 0 Å². The van der Waals surface area contributed by atoms with E-state index < -0.39 is 16.9 Å². The lowest BCUT2D eigenvalue weighted by atomic mass is 10.0. The summed E-state index contributed by atoms with van der Waals surface area (Å²) in [5.41, 5.74) is 6.57. The zero-order valence-corrected chi connectivity index (χ0v) is 25.1. The lowest BCUT2D eigenvalue weighted by Crippen LogP contribution is -2.57. The van der Waals surface area contributed by atoms with Crippen molar-refractivity contribution in [1.82, 2.24) is 15.3 Å². The molecule has 1 aliphatic carbocycles. The largest absolute Gasteiger partial charge is 0.368 e. The third-order valence-corrected chi connectivity index (χ3v) is 10.6. The maximum Gasteiger partial charge on any atom is 0.262 e. The molecular weight excluding hydrogens is 567 g/mol. The molecule has 3 aromatic rings. The number of thioether (sulfide) groups is 1. The van der Waals surface area contributed by atoms with Gasteiger partial charge in [-0.3, -0.25) is 19.4 Å². The van der Waals surface area contributed by atoms with Gasteiger partial charge in [0.15, 0.2) is 11.4 Å². The molecule has 0 radical (unpaired) electrons. The number of aromatic nitrogens is 2. The van der Waals surface area contributed by atoms with Gasteiger partial charge in [0.25, 0.3) is 5.91 Å². The highest BCUT2D eigenvalue weighted by molar-refractivity contribution is 8.00. The van der Waals surface area contributed by atoms with Gasteiger partial charge in [0.1, 0.15) is 16.5 Å². The van der Waals surface area contributed by atoms with Crippen LogP contribution in [-0.2, 0) is 27.4 Å². The molecule has 3 aliphatic heterocycles. The van der Waals surface area contributed by atoms with Crippen molar-refractivity contribution in [2.75, 3.05) is 28.6 Å². The number of piperidine rings is 1. The number of hydrogen-bond acceptors (Lipinski definition) is 8. The number of nitrogen functional groups attached to an aromatic ring is 1. The summed E-state index contributed by atoms with van der Waals surface area (Å²) in [5, 5.41) is 3.73. The van der Waals surface area contributed by atoms with Crippen molar-refractivity contribution < 1.29 is 18.7 Å². The molecule has 43 heavy (non-hydrogen) atoms. The van der Waals surface area contributed by atoms with E-state index in [1.807, 2.05) is 44.2 Å². The summed E-state index contributed by atoms with van der Waals surface area (Å²) in [6.45, 7) is 5.56. The van der Waals surface area contributed by atoms with Gasteiger partial charge in [0, 0.05) is 12.0 Å². The van der Waals surface area contributed by atoms with E-state index in [4.69, 9.17) is 10.5 Å². The maximum absolute atomic E-state index is 14.9. The number of halogens is 1. The zero-order chi connectivity index (χ0) is 29.9. The summed E-state index contributed by atoms with van der Waals surface area (Å²) in [6.07, 6.45) is 2.92. The number of hydrogen-bond donors (Lipinski definition) is 2. The molecule has 3 N–H and O–H groups in total. The van der Waals surface area contributed by atoms with Crippen molar-refractivity contribution in [2.45, 2.75) is 68.2 Å². The first kappa shape index (κ1) is 28.2. The second-order valence-electron chi connectivity index (χ2n) is 12.3. The highest BCUT2D eigenvalue weighted by atomic mass is 32.2. The third-order valence-electron chi connectivity index (χ3n) is 9.42. The molecule has 2 amide bonds. The average molecular weight is 603 g/mol. The molecule has 4 atom stereocenters. The first-order valence-electron chi connectivity index (χ1n) is 14.9. The Bertz CT molecular complexity index is 1570. The van der Waals surface area contributed by atoms with Gasteiger partial charge in [-0.15, -0.1) is 0 Å². The van der Waals surface area contributed by atoms with E-state index in [1.54, 1.807) is 21.9 Å². The first-order valence-corrected chi connectivity index (χ1v) is 15.7. The van der Waals surface area contributed by atoms with Gasteiger partial charge >= 0.3 is 0 Å². The van der Waals surface area contributed by atoms with Crippen molar-refractivity contribution in [3.63, 3.8) is 0 Å². The molecular formula is C32H35FN6O3S. The number of carbonyl (C=O) groups is 2. The van der Waals surface area contributed by atoms with Crippen molar-refractivity contribution in [3.8, 4) is 0 Å². The molecule has 1 saturated heterocycles. The Kier molecular flexibility index (Phi) is 6.94. The number of anilines is 3. The number of fused-ring (bicyclic) bond motifs is 1. The summed E-state index contributed by atoms with van der Waals surface area (Å²) < 4.78 is 20.2. The minimum Gasteiger partial charge on any atom is -0.368 e. The maximum atomic E-state index is 14.9. The molecule has 4 unspecified atom stereocenters. The number of carbonyl (C=O) groups excluding carboxylic acids is 2. The van der Waals surface area contributed by atoms with Crippen LogP contribution in [-0.4, -0.2) is 51.9 Å². The number of benzene rings is 2. The van der Waals surface area contributed by atoms with Crippen LogP contribution in [0.2, 0.25) is 0 Å². The van der Waals surface area contributed by atoms with Crippen LogP contribution in [0.1, 0.15) is 44.2 Å². The molecule has 224 valence electrons. The van der Waals surface area contributed by atoms with E-state index in [1.165, 1.54) is 23.9 Å². The molecule has 7 rings (SSSR count). The Morgan fingerprint density at radius 2 is 1.84 bits per heavy atom. The van der Waals surface area contributed by atoms with Crippen molar-refractivity contribution in [2.24, 2.45) is 11.3 Å². The third kappa shape index (κ3) is 4.51. The summed E-state index contributed by atoms with van der Waals surface area (Å²) in [6, 6.07) is 16.0. The van der Waals surface area contributed by atoms with Gasteiger partial charge in [-0.2, -0.15) is 4.98 Å². The van der Waals surface area contributed by atoms with Crippen molar-refractivity contribution >= 4 is 41.0 Å². The molecule has 2 fully saturated rings. The van der Waals surface area contributed by atoms with E-state index in [2.05, 4.69) is 15.3 Å². The molecule has 11 heteroatoms. The van der Waals surface area contributed by atoms with Crippen LogP contribution < -0.4 is 20.9 Å². The second-order valence-corrected chi connectivity index (χ2v) is 13.5. The normalized spacial score (nSPS) is 27.4. The molecule has 0 bridgehead atoms. The lowest BCUT2D eigenvalue weighted by Gasteiger charge is -2.40. The van der Waals surface area contributed by atoms with E-state index in [0.717, 1.165) is 30.5 Å². The number of nitrogens with two attached hydrogens (primary N) is 1. The highest BCUT2D eigenvalue weighted by Gasteiger charge is 2.82. The molecule has 2 aromatic carbocycles. The van der Waals surface area contributed by atoms with Gasteiger partial charge < -0.3 is 15.8 Å². The van der Waals surface area contributed by atoms with Crippen LogP contribution in [0.4, 0.5) is 21.8 Å². The lowest BCUT2D eigenvalue weighted by molar-refractivity contribution is -0.141. The second kappa shape index (κ2) is 10.6. The highest BCUT2D eigenvalue weighted by Crippen LogP contribution is 2.68. The zero-order valence-electron chi connectivity index (χ0n) is 24.3. The topological polar surface area (TPSA) is 114 Å². The number of amides is 2. The van der Waals surface area contributed by atoms with E-state index in [0.29, 0.717) is 35.9 Å². The molecule has 9 nitrogen and oxygen atoms in total. The Morgan fingerprint density at radius 3 is 2.56 bits per heavy atom. The number of ether oxygens (including phenoxy) is 1. The minimum absolute atomic E-state index is 0.0563. The molecule has 4 aliphatic rings. The Morgan fingerprint density at radius 1 is 1.07 bits per heavy atom. The Hall–Kier alpha value is -3.54. The van der Waals surface area contributed by atoms with Crippen molar-refractivity contribution in [1.29, 1.82) is 0 Å². The fourth-order valence-electron chi connectivity index (χ4n) is 7.12. The average Bonchev–Trinajstić information content (AvgIpc) is 3.29. The van der Waals surface area contributed by atoms with Crippen LogP contribution >= 0.6 is 11.8 Å². The predicted molar refractivity (Wildman–Crippen MR) is 163 cm³/mol. The van der Waals surface area contributed by atoms with Crippen LogP contribution in [0.25, 0.3) is 0 Å². The molecule has 1 aromatic heterocycles. The molecule has 4 heterocycles. The van der Waals surface area contributed by atoms with Gasteiger partial charge in [-0.1, -0.05) is 68.1 Å². The van der Waals surface area contributed by atoms with E-state index in [-0.39, 0.29) is 41.6 Å². The monoisotopic (exact) mass is 602 g/mol. The number of rotatable bonds is 7. The van der Waals surface area contributed by atoms with Gasteiger partial charge in [0.2, 0.25) is 11.9 Å². The summed E-state index contributed by atoms with van der Waals surface area (Å²) in [4.78, 5) is 42.4. The number of aryl methyl sites for hydroxylation is 1. The minimum atomic E-state index is -1.37. The van der Waals surface area contributed by atoms with Crippen LogP contribution in [0.5, 0.6) is 0 Å². The van der Waals surface area contributed by atoms with Crippen LogP contribution in [0.15, 0.2) is 59.6 Å². The predicted octanol–water partition coefficient (Wildman–Crippen LogP) is 4.31. The van der Waals surface area contributed by atoms with Gasteiger partial charge in [-0.05, 0) is 55.5 Å². The van der Waals surface area contributed by atoms with E-state index in [9.17, 15) is 14.0 Å². The quantitative estimate of drug-likeness (QED) is 0.385. The summed E-state index contributed by atoms with van der Waals surface area (Å²) in [5.74, 6) is -0.972. The standard InChI is InChI=1S/C32H35FN6O3S/c1-31(2)25-28(40)39-23(15-12-19-10-13-21(33)14-11-19)43-27-24(39)26(36-30(34)37-27)38(22-9-6-16-35-17-22)29(41)32(25,31)42-18-20-7-4-3-5-8-20/h3-5,7-8,10-11,13-14,22-23,25,35H,6,9,12,15-18H2,1-2H3,(H2,34,36,37). The Labute approximate surface area is 254 Å². The fourth-order valence-corrected chi connectivity index (χ4v) is 8.38. The fraction of sp³-hybridized carbons (Fsp3) is 0.438. The van der Waals surface area contributed by atoms with Gasteiger partial charge in [0.05, 0.1) is 23.9 Å². The first-order chi connectivity index (χ1) is 20.7.